The van der Waals surface area contributed by atoms with Crippen LogP contribution in [0, 0.1) is 13.8 Å². The van der Waals surface area contributed by atoms with E-state index in [0.29, 0.717) is 13.0 Å². The van der Waals surface area contributed by atoms with E-state index in [1.54, 1.807) is 11.8 Å². The van der Waals surface area contributed by atoms with Crippen molar-refractivity contribution in [3.8, 4) is 0 Å². The number of hydrogen-bond donors (Lipinski definition) is 1. The van der Waals surface area contributed by atoms with Crippen LogP contribution in [0.25, 0.3) is 0 Å². The highest BCUT2D eigenvalue weighted by molar-refractivity contribution is 5.91. The van der Waals surface area contributed by atoms with Gasteiger partial charge < -0.3 is 10.2 Å². The summed E-state index contributed by atoms with van der Waals surface area (Å²) in [5.74, 6) is -0.0434. The van der Waals surface area contributed by atoms with Crippen LogP contribution in [0.1, 0.15) is 44.7 Å². The number of carbonyl (C=O) groups excluding carboxylic acids is 2. The Labute approximate surface area is 127 Å². The molecule has 0 aliphatic heterocycles. The van der Waals surface area contributed by atoms with Crippen LogP contribution < -0.4 is 5.32 Å². The Balaban J connectivity index is 2.58. The minimum absolute atomic E-state index is 0.0172. The molecule has 4 heteroatoms. The van der Waals surface area contributed by atoms with Crippen LogP contribution in [0.4, 0.5) is 5.69 Å². The summed E-state index contributed by atoms with van der Waals surface area (Å²) in [6, 6.07) is 6.12. The van der Waals surface area contributed by atoms with Gasteiger partial charge in [0.05, 0.1) is 0 Å². The monoisotopic (exact) mass is 290 g/mol. The number of rotatable bonds is 6. The van der Waals surface area contributed by atoms with Gasteiger partial charge in [0.15, 0.2) is 0 Å². The third-order valence-electron chi connectivity index (χ3n) is 3.61. The molecular formula is C17H26N2O2. The maximum atomic E-state index is 12.0. The summed E-state index contributed by atoms with van der Waals surface area (Å²) in [7, 11) is 0. The molecule has 1 aromatic rings. The first kappa shape index (κ1) is 17.2. The normalized spacial score (nSPS) is 11.9. The number of benzene rings is 1. The van der Waals surface area contributed by atoms with Gasteiger partial charge in [0, 0.05) is 31.6 Å². The number of carbonyl (C=O) groups is 2. The Hall–Kier alpha value is -1.84. The van der Waals surface area contributed by atoms with E-state index in [4.69, 9.17) is 0 Å². The van der Waals surface area contributed by atoms with Gasteiger partial charge in [-0.2, -0.15) is 0 Å². The molecular weight excluding hydrogens is 264 g/mol. The van der Waals surface area contributed by atoms with Crippen LogP contribution in [-0.4, -0.2) is 29.3 Å². The van der Waals surface area contributed by atoms with Crippen molar-refractivity contribution in [3.63, 3.8) is 0 Å². The lowest BCUT2D eigenvalue weighted by Crippen LogP contribution is -2.38. The first-order chi connectivity index (χ1) is 9.83. The molecule has 0 saturated heterocycles. The molecule has 0 heterocycles. The molecule has 1 N–H and O–H groups in total. The summed E-state index contributed by atoms with van der Waals surface area (Å²) < 4.78 is 0. The van der Waals surface area contributed by atoms with Gasteiger partial charge in [-0.05, 0) is 50.5 Å². The molecule has 0 radical (unpaired) electrons. The van der Waals surface area contributed by atoms with E-state index in [9.17, 15) is 9.59 Å². The minimum atomic E-state index is -0.0606. The van der Waals surface area contributed by atoms with Gasteiger partial charge in [-0.15, -0.1) is 0 Å². The number of nitrogens with zero attached hydrogens (tertiary/aromatic N) is 1. The first-order valence-electron chi connectivity index (χ1n) is 7.48. The van der Waals surface area contributed by atoms with Gasteiger partial charge in [0.1, 0.15) is 0 Å². The molecule has 4 nitrogen and oxygen atoms in total. The zero-order valence-electron chi connectivity index (χ0n) is 13.7. The molecule has 1 aromatic carbocycles. The highest BCUT2D eigenvalue weighted by atomic mass is 16.2. The average molecular weight is 290 g/mol. The first-order valence-corrected chi connectivity index (χ1v) is 7.48. The lowest BCUT2D eigenvalue weighted by Gasteiger charge is -2.27. The molecule has 2 amide bonds. The second kappa shape index (κ2) is 7.81. The summed E-state index contributed by atoms with van der Waals surface area (Å²) in [6.45, 7) is 10.1. The molecule has 0 aromatic heterocycles. The Bertz CT molecular complexity index is 491. The topological polar surface area (TPSA) is 49.4 Å². The van der Waals surface area contributed by atoms with Crippen LogP contribution >= 0.6 is 0 Å². The van der Waals surface area contributed by atoms with Gasteiger partial charge in [-0.25, -0.2) is 0 Å². The SMILES string of the molecule is CCC(C)N(CCC(=O)Nc1cc(C)cc(C)c1)C(C)=O. The third kappa shape index (κ3) is 5.58. The van der Waals surface area contributed by atoms with E-state index in [0.717, 1.165) is 23.2 Å². The van der Waals surface area contributed by atoms with Crippen LogP contribution in [0.2, 0.25) is 0 Å². The summed E-state index contributed by atoms with van der Waals surface area (Å²) >= 11 is 0. The van der Waals surface area contributed by atoms with Crippen molar-refractivity contribution >= 4 is 17.5 Å². The molecule has 0 spiro atoms. The maximum Gasteiger partial charge on any atom is 0.226 e. The van der Waals surface area contributed by atoms with E-state index >= 15 is 0 Å². The highest BCUT2D eigenvalue weighted by Crippen LogP contribution is 2.14. The van der Waals surface area contributed by atoms with Crippen LogP contribution in [-0.2, 0) is 9.59 Å². The molecule has 0 aliphatic rings. The predicted molar refractivity (Wildman–Crippen MR) is 86.3 cm³/mol. The van der Waals surface area contributed by atoms with E-state index in [-0.39, 0.29) is 17.9 Å². The summed E-state index contributed by atoms with van der Waals surface area (Å²) in [5, 5.41) is 2.90. The van der Waals surface area contributed by atoms with Crippen LogP contribution in [0.3, 0.4) is 0 Å². The van der Waals surface area contributed by atoms with Crippen molar-refractivity contribution in [1.82, 2.24) is 4.90 Å². The number of amides is 2. The van der Waals surface area contributed by atoms with Crippen molar-refractivity contribution in [2.45, 2.75) is 53.5 Å². The van der Waals surface area contributed by atoms with Gasteiger partial charge in [-0.1, -0.05) is 13.0 Å². The number of nitrogens with one attached hydrogen (secondary N) is 1. The summed E-state index contributed by atoms with van der Waals surface area (Å²) in [5.41, 5.74) is 3.06. The number of anilines is 1. The van der Waals surface area contributed by atoms with Crippen LogP contribution in [0.5, 0.6) is 0 Å². The van der Waals surface area contributed by atoms with Gasteiger partial charge in [-0.3, -0.25) is 9.59 Å². The average Bonchev–Trinajstić information content (AvgIpc) is 2.36. The largest absolute Gasteiger partial charge is 0.340 e. The smallest absolute Gasteiger partial charge is 0.226 e. The molecule has 116 valence electrons. The molecule has 0 saturated carbocycles. The van der Waals surface area contributed by atoms with Gasteiger partial charge in [0.2, 0.25) is 11.8 Å². The van der Waals surface area contributed by atoms with E-state index in [1.165, 1.54) is 0 Å². The zero-order valence-corrected chi connectivity index (χ0v) is 13.7. The van der Waals surface area contributed by atoms with Crippen molar-refractivity contribution in [2.75, 3.05) is 11.9 Å². The van der Waals surface area contributed by atoms with Gasteiger partial charge in [0.25, 0.3) is 0 Å². The number of hydrogen-bond acceptors (Lipinski definition) is 2. The Morgan fingerprint density at radius 3 is 2.24 bits per heavy atom. The zero-order chi connectivity index (χ0) is 16.0. The van der Waals surface area contributed by atoms with Crippen molar-refractivity contribution < 1.29 is 9.59 Å². The van der Waals surface area contributed by atoms with Crippen molar-refractivity contribution in [1.29, 1.82) is 0 Å². The second-order valence-corrected chi connectivity index (χ2v) is 5.64. The van der Waals surface area contributed by atoms with Crippen LogP contribution in [0.15, 0.2) is 18.2 Å². The number of aryl methyl sites for hydroxylation is 2. The molecule has 0 bridgehead atoms. The fraction of sp³-hybridized carbons (Fsp3) is 0.529. The van der Waals surface area contributed by atoms with Gasteiger partial charge >= 0.3 is 0 Å². The predicted octanol–water partition coefficient (Wildman–Crippen LogP) is 3.28. The Morgan fingerprint density at radius 2 is 1.76 bits per heavy atom. The fourth-order valence-electron chi connectivity index (χ4n) is 2.40. The molecule has 0 aliphatic carbocycles. The highest BCUT2D eigenvalue weighted by Gasteiger charge is 2.16. The Kier molecular flexibility index (Phi) is 6.40. The minimum Gasteiger partial charge on any atom is -0.340 e. The lowest BCUT2D eigenvalue weighted by atomic mass is 10.1. The summed E-state index contributed by atoms with van der Waals surface area (Å²) in [6.07, 6.45) is 1.20. The van der Waals surface area contributed by atoms with Crippen molar-refractivity contribution in [2.24, 2.45) is 0 Å². The molecule has 21 heavy (non-hydrogen) atoms. The van der Waals surface area contributed by atoms with E-state index in [1.807, 2.05) is 39.8 Å². The van der Waals surface area contributed by atoms with Crippen molar-refractivity contribution in [3.05, 3.63) is 29.3 Å². The second-order valence-electron chi connectivity index (χ2n) is 5.64. The molecule has 1 rings (SSSR count). The quantitative estimate of drug-likeness (QED) is 0.874. The molecule has 1 unspecified atom stereocenters. The summed E-state index contributed by atoms with van der Waals surface area (Å²) in [4.78, 5) is 25.4. The standard InChI is InChI=1S/C17H26N2O2/c1-6-14(4)19(15(5)20)8-7-17(21)18-16-10-12(2)9-13(3)11-16/h9-11,14H,6-8H2,1-5H3,(H,18,21). The Morgan fingerprint density at radius 1 is 1.19 bits per heavy atom. The third-order valence-corrected chi connectivity index (χ3v) is 3.61. The molecule has 1 atom stereocenters. The van der Waals surface area contributed by atoms with E-state index in [2.05, 4.69) is 11.4 Å². The maximum absolute atomic E-state index is 12.0. The lowest BCUT2D eigenvalue weighted by molar-refractivity contribution is -0.131. The molecule has 0 fully saturated rings. The van der Waals surface area contributed by atoms with E-state index < -0.39 is 0 Å². The fourth-order valence-corrected chi connectivity index (χ4v) is 2.40.